The van der Waals surface area contributed by atoms with Crippen LogP contribution in [0.25, 0.3) is 0 Å². The molecule has 2 rings (SSSR count). The molecule has 0 atom stereocenters. The first kappa shape index (κ1) is 19.2. The van der Waals surface area contributed by atoms with E-state index in [0.29, 0.717) is 24.2 Å². The van der Waals surface area contributed by atoms with Gasteiger partial charge in [0.1, 0.15) is 0 Å². The Hall–Kier alpha value is -3.15. The van der Waals surface area contributed by atoms with Crippen molar-refractivity contribution in [1.82, 2.24) is 4.90 Å². The van der Waals surface area contributed by atoms with Gasteiger partial charge in [-0.3, -0.25) is 9.59 Å². The zero-order valence-electron chi connectivity index (χ0n) is 14.9. The van der Waals surface area contributed by atoms with Gasteiger partial charge in [0, 0.05) is 19.2 Å². The van der Waals surface area contributed by atoms with Crippen LogP contribution in [0, 0.1) is 0 Å². The van der Waals surface area contributed by atoms with Crippen LogP contribution in [0.2, 0.25) is 0 Å². The molecule has 0 spiro atoms. The van der Waals surface area contributed by atoms with Gasteiger partial charge in [-0.1, -0.05) is 30.3 Å². The maximum absolute atomic E-state index is 12.2. The third kappa shape index (κ3) is 5.73. The van der Waals surface area contributed by atoms with E-state index in [1.807, 2.05) is 30.3 Å². The van der Waals surface area contributed by atoms with Crippen molar-refractivity contribution in [1.29, 1.82) is 0 Å². The molecule has 0 fully saturated rings. The highest BCUT2D eigenvalue weighted by Gasteiger charge is 2.14. The number of anilines is 1. The van der Waals surface area contributed by atoms with Crippen molar-refractivity contribution < 1.29 is 19.1 Å². The third-order valence-electron chi connectivity index (χ3n) is 3.88. The van der Waals surface area contributed by atoms with Crippen LogP contribution in [0.3, 0.4) is 0 Å². The van der Waals surface area contributed by atoms with Crippen molar-refractivity contribution in [3.63, 3.8) is 0 Å². The van der Waals surface area contributed by atoms with Crippen LogP contribution >= 0.6 is 0 Å². The zero-order chi connectivity index (χ0) is 18.9. The van der Waals surface area contributed by atoms with Gasteiger partial charge < -0.3 is 15.0 Å². The van der Waals surface area contributed by atoms with Crippen molar-refractivity contribution in [2.45, 2.75) is 13.3 Å². The maximum Gasteiger partial charge on any atom is 0.337 e. The molecule has 6 nitrogen and oxygen atoms in total. The van der Waals surface area contributed by atoms with Crippen molar-refractivity contribution in [2.24, 2.45) is 0 Å². The monoisotopic (exact) mass is 354 g/mol. The standard InChI is InChI=1S/C20H22N2O4/c1-15(23)22(13-12-16-6-4-3-5-7-16)14-19(24)21-18-10-8-17(9-11-18)20(25)26-2/h3-11H,12-14H2,1-2H3,(H,21,24). The summed E-state index contributed by atoms with van der Waals surface area (Å²) >= 11 is 0. The fourth-order valence-corrected chi connectivity index (χ4v) is 2.44. The number of esters is 1. The van der Waals surface area contributed by atoms with Gasteiger partial charge in [-0.25, -0.2) is 4.79 Å². The third-order valence-corrected chi connectivity index (χ3v) is 3.88. The Balaban J connectivity index is 1.90. The summed E-state index contributed by atoms with van der Waals surface area (Å²) in [6, 6.07) is 16.2. The average Bonchev–Trinajstić information content (AvgIpc) is 2.65. The minimum Gasteiger partial charge on any atom is -0.465 e. The Morgan fingerprint density at radius 1 is 1.00 bits per heavy atom. The molecule has 0 bridgehead atoms. The number of carbonyl (C=O) groups is 3. The Bertz CT molecular complexity index is 757. The molecule has 6 heteroatoms. The van der Waals surface area contributed by atoms with Crippen LogP contribution in [0.15, 0.2) is 54.6 Å². The van der Waals surface area contributed by atoms with E-state index in [2.05, 4.69) is 10.1 Å². The molecule has 0 aliphatic heterocycles. The molecule has 0 aliphatic carbocycles. The number of nitrogens with one attached hydrogen (secondary N) is 1. The van der Waals surface area contributed by atoms with E-state index in [1.165, 1.54) is 18.9 Å². The molecule has 0 saturated carbocycles. The van der Waals surface area contributed by atoms with Gasteiger partial charge in [0.05, 0.1) is 19.2 Å². The summed E-state index contributed by atoms with van der Waals surface area (Å²) in [5.41, 5.74) is 2.06. The number of ether oxygens (including phenoxy) is 1. The van der Waals surface area contributed by atoms with E-state index >= 15 is 0 Å². The number of carbonyl (C=O) groups excluding carboxylic acids is 3. The lowest BCUT2D eigenvalue weighted by atomic mass is 10.1. The van der Waals surface area contributed by atoms with E-state index in [9.17, 15) is 14.4 Å². The summed E-state index contributed by atoms with van der Waals surface area (Å²) in [5, 5.41) is 2.72. The topological polar surface area (TPSA) is 75.7 Å². The molecule has 0 heterocycles. The molecule has 0 aliphatic rings. The fourth-order valence-electron chi connectivity index (χ4n) is 2.44. The van der Waals surface area contributed by atoms with Gasteiger partial charge >= 0.3 is 5.97 Å². The fraction of sp³-hybridized carbons (Fsp3) is 0.250. The van der Waals surface area contributed by atoms with E-state index in [4.69, 9.17) is 0 Å². The van der Waals surface area contributed by atoms with Crippen LogP contribution in [-0.2, 0) is 20.7 Å². The van der Waals surface area contributed by atoms with Crippen LogP contribution in [0.4, 0.5) is 5.69 Å². The molecule has 1 N–H and O–H groups in total. The summed E-state index contributed by atoms with van der Waals surface area (Å²) in [6.07, 6.45) is 0.682. The number of methoxy groups -OCH3 is 1. The number of nitrogens with zero attached hydrogens (tertiary/aromatic N) is 1. The smallest absolute Gasteiger partial charge is 0.337 e. The normalized spacial score (nSPS) is 10.1. The van der Waals surface area contributed by atoms with E-state index in [-0.39, 0.29) is 18.4 Å². The van der Waals surface area contributed by atoms with Gasteiger partial charge in [0.15, 0.2) is 0 Å². The summed E-state index contributed by atoms with van der Waals surface area (Å²) in [5.74, 6) is -0.886. The molecule has 26 heavy (non-hydrogen) atoms. The van der Waals surface area contributed by atoms with E-state index in [1.54, 1.807) is 24.3 Å². The Morgan fingerprint density at radius 3 is 2.23 bits per heavy atom. The quantitative estimate of drug-likeness (QED) is 0.775. The minimum absolute atomic E-state index is 0.0269. The molecule has 0 unspecified atom stereocenters. The van der Waals surface area contributed by atoms with Crippen LogP contribution in [-0.4, -0.2) is 42.9 Å². The highest BCUT2D eigenvalue weighted by atomic mass is 16.5. The Labute approximate surface area is 152 Å². The lowest BCUT2D eigenvalue weighted by Gasteiger charge is -2.20. The first-order valence-electron chi connectivity index (χ1n) is 8.27. The predicted molar refractivity (Wildman–Crippen MR) is 98.8 cm³/mol. The first-order valence-corrected chi connectivity index (χ1v) is 8.27. The second-order valence-corrected chi connectivity index (χ2v) is 5.79. The molecule has 0 aromatic heterocycles. The number of rotatable bonds is 7. The Morgan fingerprint density at radius 2 is 1.65 bits per heavy atom. The summed E-state index contributed by atoms with van der Waals surface area (Å²) in [7, 11) is 1.31. The lowest BCUT2D eigenvalue weighted by molar-refractivity contribution is -0.132. The van der Waals surface area contributed by atoms with Crippen molar-refractivity contribution in [3.8, 4) is 0 Å². The van der Waals surface area contributed by atoms with Crippen LogP contribution < -0.4 is 5.32 Å². The number of amides is 2. The Kier molecular flexibility index (Phi) is 6.91. The maximum atomic E-state index is 12.2. The molecule has 2 aromatic rings. The molecule has 0 saturated heterocycles. The second kappa shape index (κ2) is 9.36. The summed E-state index contributed by atoms with van der Waals surface area (Å²) in [6.45, 7) is 1.89. The molecule has 2 amide bonds. The highest BCUT2D eigenvalue weighted by Crippen LogP contribution is 2.11. The highest BCUT2D eigenvalue weighted by molar-refractivity contribution is 5.95. The van der Waals surface area contributed by atoms with E-state index in [0.717, 1.165) is 5.56 Å². The molecule has 2 aromatic carbocycles. The number of hydrogen-bond acceptors (Lipinski definition) is 4. The van der Waals surface area contributed by atoms with Gasteiger partial charge in [0.25, 0.3) is 0 Å². The van der Waals surface area contributed by atoms with Crippen molar-refractivity contribution >= 4 is 23.5 Å². The van der Waals surface area contributed by atoms with E-state index < -0.39 is 5.97 Å². The minimum atomic E-state index is -0.438. The SMILES string of the molecule is COC(=O)c1ccc(NC(=O)CN(CCc2ccccc2)C(C)=O)cc1. The molecular formula is C20H22N2O4. The van der Waals surface area contributed by atoms with Gasteiger partial charge in [-0.15, -0.1) is 0 Å². The van der Waals surface area contributed by atoms with Gasteiger partial charge in [-0.05, 0) is 36.2 Å². The van der Waals surface area contributed by atoms with Crippen molar-refractivity contribution in [3.05, 3.63) is 65.7 Å². The van der Waals surface area contributed by atoms with Gasteiger partial charge in [0.2, 0.25) is 11.8 Å². The number of hydrogen-bond donors (Lipinski definition) is 1. The second-order valence-electron chi connectivity index (χ2n) is 5.79. The van der Waals surface area contributed by atoms with Crippen LogP contribution in [0.5, 0.6) is 0 Å². The summed E-state index contributed by atoms with van der Waals surface area (Å²) in [4.78, 5) is 36.9. The molecular weight excluding hydrogens is 332 g/mol. The molecule has 0 radical (unpaired) electrons. The number of benzene rings is 2. The first-order chi connectivity index (χ1) is 12.5. The van der Waals surface area contributed by atoms with Gasteiger partial charge in [-0.2, -0.15) is 0 Å². The van der Waals surface area contributed by atoms with Crippen molar-refractivity contribution in [2.75, 3.05) is 25.5 Å². The largest absolute Gasteiger partial charge is 0.465 e. The predicted octanol–water partition coefficient (Wildman–Crippen LogP) is 2.50. The average molecular weight is 354 g/mol. The zero-order valence-corrected chi connectivity index (χ0v) is 14.9. The lowest BCUT2D eigenvalue weighted by Crippen LogP contribution is -2.38. The molecule has 136 valence electrons. The summed E-state index contributed by atoms with van der Waals surface area (Å²) < 4.78 is 4.63. The van der Waals surface area contributed by atoms with Crippen LogP contribution in [0.1, 0.15) is 22.8 Å².